The highest BCUT2D eigenvalue weighted by molar-refractivity contribution is 7.09. The Morgan fingerprint density at radius 3 is 2.84 bits per heavy atom. The average Bonchev–Trinajstić information content (AvgIpc) is 3.02. The molecule has 0 bridgehead atoms. The van der Waals surface area contributed by atoms with E-state index in [-0.39, 0.29) is 24.8 Å². The minimum absolute atomic E-state index is 0. The van der Waals surface area contributed by atoms with Crippen LogP contribution in [0.25, 0.3) is 0 Å². The Labute approximate surface area is 168 Å². The van der Waals surface area contributed by atoms with Crippen LogP contribution in [0.15, 0.2) is 5.38 Å². The number of hydrogen-bond acceptors (Lipinski definition) is 4. The maximum atomic E-state index is 12.7. The largest absolute Gasteiger partial charge is 0.342 e. The molecule has 1 aromatic heterocycles. The lowest BCUT2D eigenvalue weighted by atomic mass is 9.85. The van der Waals surface area contributed by atoms with Crippen LogP contribution in [0, 0.1) is 18.8 Å². The van der Waals surface area contributed by atoms with E-state index in [4.69, 9.17) is 0 Å². The zero-order valence-electron chi connectivity index (χ0n) is 15.2. The minimum Gasteiger partial charge on any atom is -0.342 e. The molecule has 2 aliphatic heterocycles. The number of hydrogen-bond donors (Lipinski definition) is 1. The molecule has 7 heteroatoms. The van der Waals surface area contributed by atoms with Crippen LogP contribution >= 0.6 is 36.2 Å². The number of piperidine rings is 2. The Kier molecular flexibility index (Phi) is 9.71. The van der Waals surface area contributed by atoms with Crippen LogP contribution in [-0.4, -0.2) is 42.0 Å². The normalized spacial score (nSPS) is 24.8. The molecule has 0 aliphatic carbocycles. The molecule has 2 saturated heterocycles. The first-order chi connectivity index (χ1) is 11.1. The summed E-state index contributed by atoms with van der Waals surface area (Å²) in [6.07, 6.45) is 5.49. The van der Waals surface area contributed by atoms with E-state index in [0.29, 0.717) is 30.1 Å². The van der Waals surface area contributed by atoms with Crippen molar-refractivity contribution in [1.29, 1.82) is 0 Å². The molecule has 2 aliphatic rings. The van der Waals surface area contributed by atoms with Crippen LogP contribution in [0.3, 0.4) is 0 Å². The van der Waals surface area contributed by atoms with Gasteiger partial charge in [-0.15, -0.1) is 36.2 Å². The van der Waals surface area contributed by atoms with Gasteiger partial charge in [-0.05, 0) is 57.5 Å². The lowest BCUT2D eigenvalue weighted by molar-refractivity contribution is -0.133. The van der Waals surface area contributed by atoms with E-state index in [9.17, 15) is 4.79 Å². The summed E-state index contributed by atoms with van der Waals surface area (Å²) < 4.78 is 0. The molecular formula is C18H31Cl2N3OS. The maximum absolute atomic E-state index is 12.7. The second-order valence-electron chi connectivity index (χ2n) is 7.29. The number of amides is 1. The Bertz CT molecular complexity index is 534. The van der Waals surface area contributed by atoms with Gasteiger partial charge in [0.2, 0.25) is 5.91 Å². The number of aromatic nitrogens is 1. The Balaban J connectivity index is 0.00000156. The van der Waals surface area contributed by atoms with Crippen LogP contribution in [0.4, 0.5) is 0 Å². The lowest BCUT2D eigenvalue weighted by Gasteiger charge is -2.34. The summed E-state index contributed by atoms with van der Waals surface area (Å²) in [6.45, 7) is 8.30. The van der Waals surface area contributed by atoms with Crippen LogP contribution in [0.2, 0.25) is 0 Å². The first-order valence-corrected chi connectivity index (χ1v) is 9.92. The van der Waals surface area contributed by atoms with Crippen LogP contribution in [-0.2, 0) is 4.79 Å². The van der Waals surface area contributed by atoms with Crippen molar-refractivity contribution >= 4 is 42.1 Å². The molecule has 0 aromatic carbocycles. The molecular weight excluding hydrogens is 377 g/mol. The third-order valence-electron chi connectivity index (χ3n) is 5.40. The van der Waals surface area contributed by atoms with E-state index < -0.39 is 0 Å². The maximum Gasteiger partial charge on any atom is 0.222 e. The monoisotopic (exact) mass is 407 g/mol. The molecule has 3 heterocycles. The number of carbonyl (C=O) groups excluding carboxylic acids is 1. The fourth-order valence-electron chi connectivity index (χ4n) is 3.90. The van der Waals surface area contributed by atoms with E-state index in [1.165, 1.54) is 24.3 Å². The van der Waals surface area contributed by atoms with E-state index >= 15 is 0 Å². The van der Waals surface area contributed by atoms with Crippen molar-refractivity contribution in [2.45, 2.75) is 51.9 Å². The minimum atomic E-state index is 0. The molecule has 4 nitrogen and oxygen atoms in total. The SMILES string of the molecule is Cc1csc(C2CCCN(C(=O)CC(C)C3CCCNC3)C2)n1.Cl.Cl. The molecule has 3 rings (SSSR count). The number of aryl methyl sites for hydroxylation is 1. The average molecular weight is 408 g/mol. The highest BCUT2D eigenvalue weighted by atomic mass is 35.5. The highest BCUT2D eigenvalue weighted by Gasteiger charge is 2.29. The summed E-state index contributed by atoms with van der Waals surface area (Å²) >= 11 is 1.75. The third-order valence-corrected chi connectivity index (χ3v) is 6.52. The first kappa shape index (κ1) is 22.7. The van der Waals surface area contributed by atoms with Gasteiger partial charge in [0.1, 0.15) is 0 Å². The summed E-state index contributed by atoms with van der Waals surface area (Å²) in [4.78, 5) is 19.5. The van der Waals surface area contributed by atoms with Crippen molar-refractivity contribution < 1.29 is 4.79 Å². The number of nitrogens with zero attached hydrogens (tertiary/aromatic N) is 2. The smallest absolute Gasteiger partial charge is 0.222 e. The quantitative estimate of drug-likeness (QED) is 0.818. The summed E-state index contributed by atoms with van der Waals surface area (Å²) in [5.41, 5.74) is 1.10. The fraction of sp³-hybridized carbons (Fsp3) is 0.778. The van der Waals surface area contributed by atoms with Crippen molar-refractivity contribution in [3.8, 4) is 0 Å². The second-order valence-corrected chi connectivity index (χ2v) is 8.18. The van der Waals surface area contributed by atoms with Gasteiger partial charge in [-0.25, -0.2) is 4.98 Å². The van der Waals surface area contributed by atoms with E-state index in [2.05, 4.69) is 27.5 Å². The van der Waals surface area contributed by atoms with E-state index in [1.54, 1.807) is 11.3 Å². The van der Waals surface area contributed by atoms with Crippen molar-refractivity contribution in [1.82, 2.24) is 15.2 Å². The number of carbonyl (C=O) groups is 1. The molecule has 1 aromatic rings. The summed E-state index contributed by atoms with van der Waals surface area (Å²) in [6, 6.07) is 0. The predicted molar refractivity (Wildman–Crippen MR) is 109 cm³/mol. The molecule has 2 fully saturated rings. The highest BCUT2D eigenvalue weighted by Crippen LogP contribution is 2.30. The van der Waals surface area contributed by atoms with Crippen molar-refractivity contribution in [2.75, 3.05) is 26.2 Å². The molecule has 25 heavy (non-hydrogen) atoms. The zero-order chi connectivity index (χ0) is 16.2. The Morgan fingerprint density at radius 2 is 2.20 bits per heavy atom. The van der Waals surface area contributed by atoms with Gasteiger partial charge in [0.25, 0.3) is 0 Å². The van der Waals surface area contributed by atoms with Gasteiger partial charge in [0, 0.05) is 36.5 Å². The first-order valence-electron chi connectivity index (χ1n) is 9.04. The number of thiazole rings is 1. The van der Waals surface area contributed by atoms with Gasteiger partial charge in [-0.1, -0.05) is 6.92 Å². The fourth-order valence-corrected chi connectivity index (χ4v) is 4.83. The Morgan fingerprint density at radius 1 is 1.40 bits per heavy atom. The topological polar surface area (TPSA) is 45.2 Å². The molecule has 3 unspecified atom stereocenters. The third kappa shape index (κ3) is 6.09. The standard InChI is InChI=1S/C18H29N3OS.2ClH/c1-13(15-5-3-7-19-10-15)9-17(22)21-8-4-6-16(11-21)18-20-14(2)12-23-18;;/h12-13,15-16,19H,3-11H2,1-2H3;2*1H. The molecule has 144 valence electrons. The second kappa shape index (κ2) is 10.7. The van der Waals surface area contributed by atoms with Gasteiger partial charge in [-0.3, -0.25) is 4.79 Å². The molecule has 0 spiro atoms. The van der Waals surface area contributed by atoms with Crippen LogP contribution in [0.1, 0.15) is 55.6 Å². The number of halogens is 2. The molecule has 1 N–H and O–H groups in total. The Hall–Kier alpha value is -0.360. The summed E-state index contributed by atoms with van der Waals surface area (Å²) in [7, 11) is 0. The van der Waals surface area contributed by atoms with Gasteiger partial charge in [0.15, 0.2) is 0 Å². The van der Waals surface area contributed by atoms with Crippen LogP contribution < -0.4 is 5.32 Å². The molecule has 0 saturated carbocycles. The van der Waals surface area contributed by atoms with Gasteiger partial charge in [0.05, 0.1) is 5.01 Å². The lowest BCUT2D eigenvalue weighted by Crippen LogP contribution is -2.41. The number of nitrogens with one attached hydrogen (secondary N) is 1. The number of likely N-dealkylation sites (tertiary alicyclic amines) is 1. The molecule has 1 amide bonds. The van der Waals surface area contributed by atoms with Gasteiger partial charge < -0.3 is 10.2 Å². The molecule has 3 atom stereocenters. The van der Waals surface area contributed by atoms with Crippen LogP contribution in [0.5, 0.6) is 0 Å². The number of rotatable bonds is 4. The van der Waals surface area contributed by atoms with Gasteiger partial charge >= 0.3 is 0 Å². The van der Waals surface area contributed by atoms with E-state index in [0.717, 1.165) is 38.3 Å². The summed E-state index contributed by atoms with van der Waals surface area (Å²) in [5.74, 6) is 1.94. The summed E-state index contributed by atoms with van der Waals surface area (Å²) in [5, 5.41) is 6.80. The predicted octanol–water partition coefficient (Wildman–Crippen LogP) is 4.03. The molecule has 0 radical (unpaired) electrons. The van der Waals surface area contributed by atoms with Crippen molar-refractivity contribution in [2.24, 2.45) is 11.8 Å². The zero-order valence-corrected chi connectivity index (χ0v) is 17.7. The van der Waals surface area contributed by atoms with E-state index in [1.807, 2.05) is 6.92 Å². The van der Waals surface area contributed by atoms with Crippen molar-refractivity contribution in [3.63, 3.8) is 0 Å². The van der Waals surface area contributed by atoms with Gasteiger partial charge in [-0.2, -0.15) is 0 Å². The van der Waals surface area contributed by atoms with Crippen molar-refractivity contribution in [3.05, 3.63) is 16.1 Å².